The first-order valence-corrected chi connectivity index (χ1v) is 28.3. The third-order valence-electron chi connectivity index (χ3n) is 11.9. The molecular formula is C57H64O10SeSi. The van der Waals surface area contributed by atoms with E-state index >= 15 is 0 Å². The predicted octanol–water partition coefficient (Wildman–Crippen LogP) is 9.33. The van der Waals surface area contributed by atoms with Gasteiger partial charge in [-0.1, -0.05) is 36.4 Å². The Bertz CT molecular complexity index is 2390. The number of hydrogen-bond acceptors (Lipinski definition) is 10. The number of benzene rings is 6. The molecule has 8 rings (SSSR count). The van der Waals surface area contributed by atoms with Gasteiger partial charge in [0.2, 0.25) is 0 Å². The maximum atomic E-state index is 7.53. The molecule has 0 spiro atoms. The van der Waals surface area contributed by atoms with Crippen LogP contribution in [0.3, 0.4) is 0 Å². The molecule has 6 aromatic carbocycles. The van der Waals surface area contributed by atoms with Crippen molar-refractivity contribution in [2.24, 2.45) is 0 Å². The molecule has 0 saturated carbocycles. The summed E-state index contributed by atoms with van der Waals surface area (Å²) in [6.45, 7) is 11.0. The van der Waals surface area contributed by atoms with Crippen molar-refractivity contribution in [1.29, 1.82) is 0 Å². The van der Waals surface area contributed by atoms with E-state index in [2.05, 4.69) is 80.3 Å². The van der Waals surface area contributed by atoms with E-state index < -0.39 is 62.6 Å². The summed E-state index contributed by atoms with van der Waals surface area (Å²) < 4.78 is 69.5. The van der Waals surface area contributed by atoms with Crippen molar-refractivity contribution in [1.82, 2.24) is 0 Å². The fourth-order valence-corrected chi connectivity index (χ4v) is 12.9. The van der Waals surface area contributed by atoms with Gasteiger partial charge in [-0.15, -0.1) is 0 Å². The molecule has 9 atom stereocenters. The fraction of sp³-hybridized carbons (Fsp3) is 0.333. The van der Waals surface area contributed by atoms with E-state index in [9.17, 15) is 0 Å². The molecule has 0 bridgehead atoms. The van der Waals surface area contributed by atoms with E-state index in [0.29, 0.717) is 38.6 Å². The summed E-state index contributed by atoms with van der Waals surface area (Å²) in [5, 5.41) is -0.424. The van der Waals surface area contributed by atoms with Gasteiger partial charge in [0.15, 0.2) is 0 Å². The summed E-state index contributed by atoms with van der Waals surface area (Å²) in [5.41, 5.74) is 5.88. The summed E-state index contributed by atoms with van der Waals surface area (Å²) in [7, 11) is -1.65. The zero-order chi connectivity index (χ0) is 47.7. The topological polar surface area (TPSA) is 92.3 Å². The molecule has 0 N–H and O–H groups in total. The number of ether oxygens (including phenoxy) is 8. The van der Waals surface area contributed by atoms with Gasteiger partial charge in [-0.25, -0.2) is 0 Å². The van der Waals surface area contributed by atoms with Gasteiger partial charge in [0.25, 0.3) is 0 Å². The molecule has 2 aliphatic rings. The van der Waals surface area contributed by atoms with Gasteiger partial charge in [-0.2, -0.15) is 0 Å². The van der Waals surface area contributed by atoms with Crippen LogP contribution in [-0.2, 0) is 79.8 Å². The van der Waals surface area contributed by atoms with Gasteiger partial charge in [-0.3, -0.25) is 0 Å². The zero-order valence-electron chi connectivity index (χ0n) is 39.7. The van der Waals surface area contributed by atoms with E-state index in [4.69, 9.17) is 46.7 Å². The summed E-state index contributed by atoms with van der Waals surface area (Å²) in [6.07, 6.45) is -5.03. The molecule has 69 heavy (non-hydrogen) atoms. The van der Waals surface area contributed by atoms with E-state index in [1.807, 2.05) is 121 Å². The van der Waals surface area contributed by atoms with Crippen LogP contribution in [0.1, 0.15) is 27.8 Å². The molecule has 2 saturated heterocycles. The first-order chi connectivity index (χ1) is 33.8. The molecule has 12 heteroatoms. The van der Waals surface area contributed by atoms with Crippen LogP contribution < -0.4 is 4.46 Å². The quantitative estimate of drug-likeness (QED) is 0.0432. The second-order valence-corrected chi connectivity index (χ2v) is 23.3. The van der Waals surface area contributed by atoms with Crippen LogP contribution in [0.15, 0.2) is 194 Å². The van der Waals surface area contributed by atoms with Gasteiger partial charge in [-0.05, 0) is 0 Å². The Morgan fingerprint density at radius 1 is 0.478 bits per heavy atom. The number of methoxy groups -OCH3 is 1. The minimum absolute atomic E-state index is 0.237. The third kappa shape index (κ3) is 15.0. The molecule has 10 nitrogen and oxygen atoms in total. The van der Waals surface area contributed by atoms with E-state index in [1.165, 1.54) is 0 Å². The number of rotatable bonds is 24. The predicted molar refractivity (Wildman–Crippen MR) is 270 cm³/mol. The number of hydrogen-bond donors (Lipinski definition) is 0. The molecule has 0 unspecified atom stereocenters. The van der Waals surface area contributed by atoms with Crippen molar-refractivity contribution in [3.8, 4) is 0 Å². The molecule has 2 aliphatic heterocycles. The summed E-state index contributed by atoms with van der Waals surface area (Å²) in [5.74, 6) is 0. The molecule has 2 heterocycles. The zero-order valence-corrected chi connectivity index (χ0v) is 42.4. The molecule has 0 aliphatic carbocycles. The van der Waals surface area contributed by atoms with Crippen LogP contribution in [0.25, 0.3) is 0 Å². The van der Waals surface area contributed by atoms with Crippen LogP contribution in [0.2, 0.25) is 13.1 Å². The fourth-order valence-electron chi connectivity index (χ4n) is 8.45. The normalized spacial score (nSPS) is 24.0. The standard InChI is InChI=1S/C57H64O10SeSi/c1-42-49(40-59-35-43-23-11-5-12-24-43)64-56(58-2)54(63-39-47-31-19-9-20-32-47)51(42)66-69(3,4)67-55-53(62-38-46-29-17-8-18-30-46)52(61-37-45-27-15-7-16-28-45)50(41-60-36-44-25-13-6-14-26-44)65-57(55)68-48-33-21-10-22-34-48/h5-34,49-57H,1,35-41H2,2-4H3/t49-,50-,51+,52+,53+,54-,55-,56-,57+/m1/s1. The Morgan fingerprint density at radius 3 is 1.38 bits per heavy atom. The van der Waals surface area contributed by atoms with E-state index in [1.54, 1.807) is 7.11 Å². The maximum absolute atomic E-state index is 7.53. The molecule has 0 radical (unpaired) electrons. The van der Waals surface area contributed by atoms with Crippen LogP contribution in [0, 0.1) is 0 Å². The van der Waals surface area contributed by atoms with Crippen molar-refractivity contribution in [2.45, 2.75) is 100 Å². The van der Waals surface area contributed by atoms with E-state index in [-0.39, 0.29) is 28.2 Å². The van der Waals surface area contributed by atoms with Gasteiger partial charge in [0, 0.05) is 0 Å². The second-order valence-electron chi connectivity index (χ2n) is 17.6. The Labute approximate surface area is 415 Å². The van der Waals surface area contributed by atoms with Crippen molar-refractivity contribution in [3.05, 3.63) is 222 Å². The van der Waals surface area contributed by atoms with Crippen LogP contribution in [0.5, 0.6) is 0 Å². The van der Waals surface area contributed by atoms with Gasteiger partial charge < -0.3 is 0 Å². The minimum atomic E-state index is -3.27. The Balaban J connectivity index is 1.12. The van der Waals surface area contributed by atoms with Gasteiger partial charge in [0.1, 0.15) is 0 Å². The van der Waals surface area contributed by atoms with E-state index in [0.717, 1.165) is 32.3 Å². The van der Waals surface area contributed by atoms with Gasteiger partial charge in [0.05, 0.1) is 0 Å². The summed E-state index contributed by atoms with van der Waals surface area (Å²) >= 11 is -0.237. The van der Waals surface area contributed by atoms with Crippen LogP contribution in [0.4, 0.5) is 0 Å². The van der Waals surface area contributed by atoms with Crippen LogP contribution >= 0.6 is 0 Å². The average Bonchev–Trinajstić information content (AvgIpc) is 3.38. The second kappa shape index (κ2) is 26.0. The first kappa shape index (κ1) is 50.8. The van der Waals surface area contributed by atoms with Crippen molar-refractivity contribution in [2.75, 3.05) is 20.3 Å². The Kier molecular flexibility index (Phi) is 19.1. The molecule has 0 aromatic heterocycles. The van der Waals surface area contributed by atoms with Crippen molar-refractivity contribution < 1.29 is 46.7 Å². The summed E-state index contributed by atoms with van der Waals surface area (Å²) in [4.78, 5) is 0. The summed E-state index contributed by atoms with van der Waals surface area (Å²) in [6, 6.07) is 61.1. The Morgan fingerprint density at radius 2 is 0.899 bits per heavy atom. The van der Waals surface area contributed by atoms with Crippen LogP contribution in [-0.4, -0.2) is 97.9 Å². The molecule has 0 amide bonds. The first-order valence-electron chi connectivity index (χ1n) is 23.6. The molecular weight excluding hydrogens is 952 g/mol. The Hall–Kier alpha value is -4.60. The van der Waals surface area contributed by atoms with Crippen molar-refractivity contribution in [3.63, 3.8) is 0 Å². The SMILES string of the molecule is C=C1[C@@H](COCc2ccccc2)O[C@@H](OC)[C@H](OCc2ccccc2)[C@H]1O[Si](C)(C)O[C@@H]1[C@@H](OCc2ccccc2)[C@@H](OCc2ccccc2)[C@@H](COCc2ccccc2)O[C@H]1[Se]c1ccccc1. The van der Waals surface area contributed by atoms with Crippen molar-refractivity contribution >= 4 is 28.0 Å². The van der Waals surface area contributed by atoms with Gasteiger partial charge >= 0.3 is 381 Å². The third-order valence-corrected chi connectivity index (χ3v) is 16.0. The average molecular weight is 1020 g/mol. The molecule has 2 fully saturated rings. The monoisotopic (exact) mass is 1020 g/mol. The molecule has 362 valence electrons. The molecule has 6 aromatic rings.